The van der Waals surface area contributed by atoms with Crippen LogP contribution in [0.4, 0.5) is 0 Å². The van der Waals surface area contributed by atoms with E-state index in [9.17, 15) is 9.59 Å². The number of rotatable bonds is 2. The lowest BCUT2D eigenvalue weighted by Gasteiger charge is -2.19. The minimum Gasteiger partial charge on any atom is -0.343 e. The number of likely N-dealkylation sites (tertiary alicyclic amines) is 1. The van der Waals surface area contributed by atoms with E-state index in [4.69, 9.17) is 0 Å². The molecule has 2 aliphatic rings. The Labute approximate surface area is 116 Å². The molecule has 3 rings (SSSR count). The fourth-order valence-corrected chi connectivity index (χ4v) is 3.91. The highest BCUT2D eigenvalue weighted by atomic mass is 32.2. The molecule has 0 saturated carbocycles. The van der Waals surface area contributed by atoms with Crippen molar-refractivity contribution in [3.8, 4) is 0 Å². The molecule has 0 spiro atoms. The van der Waals surface area contributed by atoms with Crippen molar-refractivity contribution < 1.29 is 4.79 Å². The summed E-state index contributed by atoms with van der Waals surface area (Å²) in [5, 5.41) is 0.754. The Bertz CT molecular complexity index is 563. The lowest BCUT2D eigenvalue weighted by Crippen LogP contribution is -2.32. The Morgan fingerprint density at radius 2 is 2.21 bits per heavy atom. The fourth-order valence-electron chi connectivity index (χ4n) is 2.71. The van der Waals surface area contributed by atoms with Crippen LogP contribution in [0.1, 0.15) is 31.0 Å². The minimum atomic E-state index is -0.0354. The molecule has 0 unspecified atom stereocenters. The number of aromatic nitrogens is 2. The van der Waals surface area contributed by atoms with Crippen molar-refractivity contribution in [3.05, 3.63) is 22.1 Å². The van der Waals surface area contributed by atoms with Crippen LogP contribution in [-0.4, -0.2) is 39.2 Å². The molecule has 6 heteroatoms. The predicted molar refractivity (Wildman–Crippen MR) is 73.4 cm³/mol. The second-order valence-electron chi connectivity index (χ2n) is 5.15. The van der Waals surface area contributed by atoms with Crippen molar-refractivity contribution in [1.29, 1.82) is 0 Å². The summed E-state index contributed by atoms with van der Waals surface area (Å²) in [6.45, 7) is 3.56. The number of carbonyl (C=O) groups is 1. The highest BCUT2D eigenvalue weighted by molar-refractivity contribution is 7.99. The molecule has 0 N–H and O–H groups in total. The smallest absolute Gasteiger partial charge is 0.254 e. The van der Waals surface area contributed by atoms with Gasteiger partial charge < -0.3 is 4.90 Å². The number of fused-ring (bicyclic) bond motifs is 1. The molecule has 0 bridgehead atoms. The van der Waals surface area contributed by atoms with Gasteiger partial charge in [-0.25, -0.2) is 4.98 Å². The molecule has 1 aromatic heterocycles. The molecule has 0 radical (unpaired) electrons. The van der Waals surface area contributed by atoms with Gasteiger partial charge in [-0.1, -0.05) is 11.8 Å². The summed E-state index contributed by atoms with van der Waals surface area (Å²) in [6.07, 6.45) is 2.62. The maximum absolute atomic E-state index is 12.2. The first-order valence-electron chi connectivity index (χ1n) is 6.66. The second-order valence-corrected chi connectivity index (χ2v) is 6.13. The van der Waals surface area contributed by atoms with Crippen LogP contribution in [0.25, 0.3) is 0 Å². The van der Waals surface area contributed by atoms with Crippen molar-refractivity contribution in [1.82, 2.24) is 14.5 Å². The number of thioether (sulfide) groups is 1. The van der Waals surface area contributed by atoms with E-state index in [1.165, 1.54) is 0 Å². The summed E-state index contributed by atoms with van der Waals surface area (Å²) in [4.78, 5) is 30.5. The summed E-state index contributed by atoms with van der Waals surface area (Å²) in [5.74, 6) is 0.939. The second kappa shape index (κ2) is 5.00. The zero-order valence-electron chi connectivity index (χ0n) is 11.0. The van der Waals surface area contributed by atoms with Crippen molar-refractivity contribution in [2.24, 2.45) is 0 Å². The number of hydrogen-bond acceptors (Lipinski definition) is 4. The summed E-state index contributed by atoms with van der Waals surface area (Å²) >= 11 is 1.57. The van der Waals surface area contributed by atoms with Crippen LogP contribution in [0, 0.1) is 6.92 Å². The minimum absolute atomic E-state index is 0.0336. The molecular weight excluding hydrogens is 262 g/mol. The lowest BCUT2D eigenvalue weighted by molar-refractivity contribution is -0.130. The molecule has 1 aromatic rings. The quantitative estimate of drug-likeness (QED) is 0.764. The van der Waals surface area contributed by atoms with Gasteiger partial charge in [-0.2, -0.15) is 0 Å². The van der Waals surface area contributed by atoms with Crippen molar-refractivity contribution >= 4 is 17.7 Å². The Balaban J connectivity index is 1.79. The highest BCUT2D eigenvalue weighted by Crippen LogP contribution is 2.32. The van der Waals surface area contributed by atoms with E-state index in [-0.39, 0.29) is 17.5 Å². The van der Waals surface area contributed by atoms with Gasteiger partial charge in [-0.3, -0.25) is 14.2 Å². The normalized spacial score (nSPS) is 21.7. The van der Waals surface area contributed by atoms with Crippen molar-refractivity contribution in [2.45, 2.75) is 37.4 Å². The lowest BCUT2D eigenvalue weighted by atomic mass is 10.2. The maximum atomic E-state index is 12.2. The topological polar surface area (TPSA) is 55.2 Å². The molecular formula is C13H17N3O2S. The molecule has 1 atom stereocenters. The van der Waals surface area contributed by atoms with Gasteiger partial charge in [0.25, 0.3) is 5.56 Å². The van der Waals surface area contributed by atoms with Crippen LogP contribution in [0.2, 0.25) is 0 Å². The highest BCUT2D eigenvalue weighted by Gasteiger charge is 2.29. The van der Waals surface area contributed by atoms with Crippen LogP contribution < -0.4 is 5.56 Å². The average molecular weight is 279 g/mol. The summed E-state index contributed by atoms with van der Waals surface area (Å²) in [6, 6.07) is 1.51. The van der Waals surface area contributed by atoms with Gasteiger partial charge in [0, 0.05) is 37.0 Å². The molecule has 1 amide bonds. The first-order valence-corrected chi connectivity index (χ1v) is 7.64. The molecule has 5 nitrogen and oxygen atoms in total. The SMILES string of the molecule is Cc1cc(=O)n2c(n1)SC[C@@H]2CC(=O)N1CCCC1. The molecule has 19 heavy (non-hydrogen) atoms. The Morgan fingerprint density at radius 1 is 1.47 bits per heavy atom. The first kappa shape index (κ1) is 12.7. The van der Waals surface area contributed by atoms with Gasteiger partial charge in [-0.15, -0.1) is 0 Å². The molecule has 0 aliphatic carbocycles. The fraction of sp³-hybridized carbons (Fsp3) is 0.615. The average Bonchev–Trinajstić information content (AvgIpc) is 2.98. The van der Waals surface area contributed by atoms with Gasteiger partial charge in [0.05, 0.1) is 6.04 Å². The van der Waals surface area contributed by atoms with Crippen molar-refractivity contribution in [3.63, 3.8) is 0 Å². The number of hydrogen-bond donors (Lipinski definition) is 0. The van der Waals surface area contributed by atoms with Gasteiger partial charge in [0.2, 0.25) is 5.91 Å². The number of nitrogens with zero attached hydrogens (tertiary/aromatic N) is 3. The standard InChI is InChI=1S/C13H17N3O2S/c1-9-6-12(18)16-10(8-19-13(16)14-9)7-11(17)15-4-2-3-5-15/h6,10H,2-5,7-8H2,1H3/t10-/m0/s1. The van der Waals surface area contributed by atoms with Crippen LogP contribution in [0.3, 0.4) is 0 Å². The van der Waals surface area contributed by atoms with E-state index in [0.717, 1.165) is 42.5 Å². The third-order valence-electron chi connectivity index (χ3n) is 3.69. The number of aryl methyl sites for hydroxylation is 1. The number of amides is 1. The van der Waals surface area contributed by atoms with Gasteiger partial charge in [0.1, 0.15) is 0 Å². The zero-order valence-corrected chi connectivity index (χ0v) is 11.8. The molecule has 1 saturated heterocycles. The molecule has 102 valence electrons. The van der Waals surface area contributed by atoms with Crippen LogP contribution in [0.15, 0.2) is 16.0 Å². The Hall–Kier alpha value is -1.30. The van der Waals surface area contributed by atoms with E-state index in [1.54, 1.807) is 22.4 Å². The molecule has 1 fully saturated rings. The van der Waals surface area contributed by atoms with Crippen LogP contribution in [-0.2, 0) is 4.79 Å². The van der Waals surface area contributed by atoms with E-state index < -0.39 is 0 Å². The van der Waals surface area contributed by atoms with E-state index >= 15 is 0 Å². The number of carbonyl (C=O) groups excluding carboxylic acids is 1. The maximum Gasteiger partial charge on any atom is 0.254 e. The largest absolute Gasteiger partial charge is 0.343 e. The Morgan fingerprint density at radius 3 is 2.95 bits per heavy atom. The Kier molecular flexibility index (Phi) is 3.35. The van der Waals surface area contributed by atoms with Gasteiger partial charge >= 0.3 is 0 Å². The van der Waals surface area contributed by atoms with Crippen LogP contribution >= 0.6 is 11.8 Å². The van der Waals surface area contributed by atoms with Gasteiger partial charge in [-0.05, 0) is 19.8 Å². The predicted octanol–water partition coefficient (Wildman–Crippen LogP) is 1.21. The van der Waals surface area contributed by atoms with Gasteiger partial charge in [0.15, 0.2) is 5.16 Å². The molecule has 2 aliphatic heterocycles. The molecule has 3 heterocycles. The third-order valence-corrected chi connectivity index (χ3v) is 4.78. The van der Waals surface area contributed by atoms with E-state index in [0.29, 0.717) is 6.42 Å². The summed E-state index contributed by atoms with van der Waals surface area (Å²) < 4.78 is 1.69. The summed E-state index contributed by atoms with van der Waals surface area (Å²) in [5.41, 5.74) is 0.710. The van der Waals surface area contributed by atoms with E-state index in [2.05, 4.69) is 4.98 Å². The third kappa shape index (κ3) is 2.41. The molecule has 0 aromatic carbocycles. The summed E-state index contributed by atoms with van der Waals surface area (Å²) in [7, 11) is 0. The van der Waals surface area contributed by atoms with Crippen LogP contribution in [0.5, 0.6) is 0 Å². The zero-order chi connectivity index (χ0) is 13.4. The first-order chi connectivity index (χ1) is 9.15. The van der Waals surface area contributed by atoms with Crippen molar-refractivity contribution in [2.75, 3.05) is 18.8 Å². The van der Waals surface area contributed by atoms with E-state index in [1.807, 2.05) is 11.8 Å². The monoisotopic (exact) mass is 279 g/mol.